The Morgan fingerprint density at radius 2 is 0.591 bits per heavy atom. The van der Waals surface area contributed by atoms with Crippen LogP contribution in [0.2, 0.25) is 0 Å². The van der Waals surface area contributed by atoms with Crippen molar-refractivity contribution in [1.82, 2.24) is 4.98 Å². The lowest BCUT2D eigenvalue weighted by Gasteiger charge is -2.26. The smallest absolute Gasteiger partial charge is 0.227 e. The molecule has 5 heteroatoms. The van der Waals surface area contributed by atoms with Crippen molar-refractivity contribution < 1.29 is 13.3 Å². The molecule has 66 heavy (non-hydrogen) atoms. The van der Waals surface area contributed by atoms with Gasteiger partial charge < -0.3 is 18.2 Å². The molecular formula is C61H38N2O3. The number of rotatable bonds is 8. The highest BCUT2D eigenvalue weighted by Gasteiger charge is 2.16. The van der Waals surface area contributed by atoms with Gasteiger partial charge in [-0.05, 0) is 142 Å². The van der Waals surface area contributed by atoms with E-state index >= 15 is 0 Å². The molecule has 0 saturated heterocycles. The summed E-state index contributed by atoms with van der Waals surface area (Å²) in [5.74, 6) is 0.603. The van der Waals surface area contributed by atoms with Crippen LogP contribution < -0.4 is 4.90 Å². The van der Waals surface area contributed by atoms with E-state index < -0.39 is 0 Å². The minimum Gasteiger partial charge on any atom is -0.456 e. The number of hydrogen-bond donors (Lipinski definition) is 0. The molecule has 0 atom stereocenters. The second kappa shape index (κ2) is 15.4. The summed E-state index contributed by atoms with van der Waals surface area (Å²) >= 11 is 0. The van der Waals surface area contributed by atoms with Crippen LogP contribution >= 0.6 is 0 Å². The zero-order valence-electron chi connectivity index (χ0n) is 35.6. The predicted octanol–water partition coefficient (Wildman–Crippen LogP) is 17.4. The normalized spacial score (nSPS) is 11.6. The van der Waals surface area contributed by atoms with Crippen LogP contribution in [0.4, 0.5) is 17.1 Å². The second-order valence-corrected chi connectivity index (χ2v) is 16.7. The van der Waals surface area contributed by atoms with Gasteiger partial charge in [-0.3, -0.25) is 0 Å². The van der Waals surface area contributed by atoms with Gasteiger partial charge in [-0.2, -0.15) is 0 Å². The third-order valence-electron chi connectivity index (χ3n) is 12.8. The maximum atomic E-state index is 6.12. The Hall–Kier alpha value is -8.93. The Kier molecular flexibility index (Phi) is 8.78. The number of para-hydroxylation sites is 4. The topological polar surface area (TPSA) is 55.6 Å². The Morgan fingerprint density at radius 1 is 0.258 bits per heavy atom. The molecule has 0 radical (unpaired) electrons. The molecule has 0 fully saturated rings. The third-order valence-corrected chi connectivity index (χ3v) is 12.8. The zero-order valence-corrected chi connectivity index (χ0v) is 35.6. The molecule has 13 aromatic rings. The zero-order chi connectivity index (χ0) is 43.6. The number of anilines is 3. The summed E-state index contributed by atoms with van der Waals surface area (Å²) in [6.07, 6.45) is 0. The second-order valence-electron chi connectivity index (χ2n) is 16.7. The molecule has 0 bridgehead atoms. The first-order valence-electron chi connectivity index (χ1n) is 22.2. The highest BCUT2D eigenvalue weighted by molar-refractivity contribution is 6.07. The van der Waals surface area contributed by atoms with Crippen molar-refractivity contribution >= 4 is 72.0 Å². The van der Waals surface area contributed by atoms with E-state index in [4.69, 9.17) is 18.2 Å². The Balaban J connectivity index is 0.800. The highest BCUT2D eigenvalue weighted by Crippen LogP contribution is 2.40. The molecule has 0 aliphatic carbocycles. The van der Waals surface area contributed by atoms with Crippen molar-refractivity contribution in [3.8, 4) is 56.0 Å². The highest BCUT2D eigenvalue weighted by atomic mass is 16.3. The van der Waals surface area contributed by atoms with E-state index in [1.807, 2.05) is 48.5 Å². The quantitative estimate of drug-likeness (QED) is 0.152. The van der Waals surface area contributed by atoms with Gasteiger partial charge in [-0.25, -0.2) is 4.98 Å². The maximum absolute atomic E-state index is 6.12. The van der Waals surface area contributed by atoms with Crippen molar-refractivity contribution in [2.45, 2.75) is 0 Å². The number of furan rings is 2. The molecule has 0 spiro atoms. The van der Waals surface area contributed by atoms with Crippen molar-refractivity contribution in [3.63, 3.8) is 0 Å². The molecule has 0 amide bonds. The lowest BCUT2D eigenvalue weighted by atomic mass is 9.98. The standard InChI is InChI=1S/C61H38N2O3/c1-4-10-56-51(7-1)53-37-46(27-35-58(53)64-56)43-17-13-39(14-18-43)41-21-29-48(30-22-41)63(50-33-25-45(26-34-50)61-62-55-9-3-6-12-60(55)66-61)49-31-23-42(24-32-49)40-15-19-44(20-16-40)47-28-36-59-54(38-47)52-8-2-5-11-57(52)65-59/h1-38H. The van der Waals surface area contributed by atoms with Crippen molar-refractivity contribution in [2.75, 3.05) is 4.90 Å². The first-order valence-corrected chi connectivity index (χ1v) is 22.2. The first kappa shape index (κ1) is 37.6. The lowest BCUT2D eigenvalue weighted by molar-refractivity contribution is 0.620. The number of fused-ring (bicyclic) bond motifs is 7. The summed E-state index contributed by atoms with van der Waals surface area (Å²) in [6, 6.07) is 80.9. The van der Waals surface area contributed by atoms with E-state index in [1.54, 1.807) is 0 Å². The summed E-state index contributed by atoms with van der Waals surface area (Å²) in [7, 11) is 0. The van der Waals surface area contributed by atoms with Crippen LogP contribution in [-0.2, 0) is 0 Å². The van der Waals surface area contributed by atoms with E-state index in [-0.39, 0.29) is 0 Å². The van der Waals surface area contributed by atoms with Crippen LogP contribution in [0.3, 0.4) is 0 Å². The van der Waals surface area contributed by atoms with Crippen molar-refractivity contribution in [1.29, 1.82) is 0 Å². The van der Waals surface area contributed by atoms with Crippen LogP contribution in [0.25, 0.3) is 111 Å². The SMILES string of the molecule is c1ccc2oc(-c3ccc(N(c4ccc(-c5ccc(-c6ccc7oc8ccccc8c7c6)cc5)cc4)c4ccc(-c5ccc(-c6ccc7oc8ccccc8c7c6)cc5)cc4)cc3)nc2c1. The van der Waals surface area contributed by atoms with Gasteiger partial charge in [0.25, 0.3) is 0 Å². The molecule has 3 heterocycles. The van der Waals surface area contributed by atoms with E-state index in [1.165, 1.54) is 0 Å². The number of aromatic nitrogens is 1. The lowest BCUT2D eigenvalue weighted by Crippen LogP contribution is -2.09. The van der Waals surface area contributed by atoms with E-state index in [2.05, 4.69) is 187 Å². The third kappa shape index (κ3) is 6.61. The van der Waals surface area contributed by atoms with Gasteiger partial charge in [0, 0.05) is 44.2 Å². The fourth-order valence-electron chi connectivity index (χ4n) is 9.32. The summed E-state index contributed by atoms with van der Waals surface area (Å²) in [5.41, 5.74) is 18.5. The van der Waals surface area contributed by atoms with Gasteiger partial charge in [-0.15, -0.1) is 0 Å². The van der Waals surface area contributed by atoms with Crippen LogP contribution in [0.5, 0.6) is 0 Å². The van der Waals surface area contributed by atoms with Crippen LogP contribution in [-0.4, -0.2) is 4.98 Å². The molecular weight excluding hydrogens is 809 g/mol. The van der Waals surface area contributed by atoms with Gasteiger partial charge in [0.1, 0.15) is 27.8 Å². The molecule has 0 N–H and O–H groups in total. The van der Waals surface area contributed by atoms with Gasteiger partial charge in [0.2, 0.25) is 5.89 Å². The van der Waals surface area contributed by atoms with Gasteiger partial charge in [0.15, 0.2) is 5.58 Å². The summed E-state index contributed by atoms with van der Waals surface area (Å²) in [5, 5.41) is 4.53. The van der Waals surface area contributed by atoms with Crippen LogP contribution in [0, 0.1) is 0 Å². The molecule has 0 aliphatic heterocycles. The molecule has 0 saturated carbocycles. The molecule has 5 nitrogen and oxygen atoms in total. The fraction of sp³-hybridized carbons (Fsp3) is 0. The van der Waals surface area contributed by atoms with E-state index in [9.17, 15) is 0 Å². The molecule has 13 rings (SSSR count). The average molecular weight is 847 g/mol. The molecule has 0 aliphatic rings. The van der Waals surface area contributed by atoms with Crippen molar-refractivity contribution in [3.05, 3.63) is 231 Å². The monoisotopic (exact) mass is 846 g/mol. The molecule has 0 unspecified atom stereocenters. The molecule has 310 valence electrons. The summed E-state index contributed by atoms with van der Waals surface area (Å²) in [6.45, 7) is 0. The van der Waals surface area contributed by atoms with Gasteiger partial charge in [-0.1, -0.05) is 133 Å². The Labute approximate surface area is 380 Å². The number of benzene rings is 10. The number of oxazole rings is 1. The van der Waals surface area contributed by atoms with Crippen LogP contribution in [0.1, 0.15) is 0 Å². The fourth-order valence-corrected chi connectivity index (χ4v) is 9.32. The largest absolute Gasteiger partial charge is 0.456 e. The summed E-state index contributed by atoms with van der Waals surface area (Å²) < 4.78 is 18.3. The minimum absolute atomic E-state index is 0.603. The van der Waals surface area contributed by atoms with Gasteiger partial charge in [0.05, 0.1) is 0 Å². The first-order chi connectivity index (χ1) is 32.6. The average Bonchev–Trinajstić information content (AvgIpc) is 4.11. The van der Waals surface area contributed by atoms with E-state index in [0.29, 0.717) is 5.89 Å². The number of nitrogens with zero attached hydrogens (tertiary/aromatic N) is 2. The molecule has 10 aromatic carbocycles. The maximum Gasteiger partial charge on any atom is 0.227 e. The Bertz CT molecular complexity index is 3660. The number of hydrogen-bond acceptors (Lipinski definition) is 5. The van der Waals surface area contributed by atoms with E-state index in [0.717, 1.165) is 122 Å². The van der Waals surface area contributed by atoms with Crippen LogP contribution in [0.15, 0.2) is 244 Å². The van der Waals surface area contributed by atoms with Gasteiger partial charge >= 0.3 is 0 Å². The minimum atomic E-state index is 0.603. The Morgan fingerprint density at radius 3 is 1.03 bits per heavy atom. The molecule has 3 aromatic heterocycles. The van der Waals surface area contributed by atoms with Crippen molar-refractivity contribution in [2.24, 2.45) is 0 Å². The summed E-state index contributed by atoms with van der Waals surface area (Å²) in [4.78, 5) is 7.04. The predicted molar refractivity (Wildman–Crippen MR) is 270 cm³/mol.